The van der Waals surface area contributed by atoms with Crippen molar-refractivity contribution in [3.05, 3.63) is 64.6 Å². The summed E-state index contributed by atoms with van der Waals surface area (Å²) in [6.07, 6.45) is 1.07. The second-order valence-corrected chi connectivity index (χ2v) is 7.94. The predicted molar refractivity (Wildman–Crippen MR) is 118 cm³/mol. The number of amides is 1. The van der Waals surface area contributed by atoms with Crippen molar-refractivity contribution < 1.29 is 19.1 Å². The highest BCUT2D eigenvalue weighted by Gasteiger charge is 2.26. The number of ether oxygens (including phenoxy) is 2. The molecule has 2 heterocycles. The molecule has 0 aliphatic carbocycles. The lowest BCUT2D eigenvalue weighted by molar-refractivity contribution is -0.122. The summed E-state index contributed by atoms with van der Waals surface area (Å²) in [7, 11) is 0. The number of carbonyl (C=O) groups excluding carboxylic acids is 2. The van der Waals surface area contributed by atoms with Gasteiger partial charge in [0.25, 0.3) is 11.5 Å². The second kappa shape index (κ2) is 7.91. The number of ketones is 1. The molecule has 0 saturated heterocycles. The number of fused-ring (bicyclic) bond motifs is 2. The molecular formula is C24H24N2O5. The van der Waals surface area contributed by atoms with E-state index in [-0.39, 0.29) is 23.4 Å². The minimum atomic E-state index is -0.722. The topological polar surface area (TPSA) is 86.6 Å². The molecule has 1 aliphatic heterocycles. The SMILES string of the molecule is CC(C)Oc1ccc2c(=O)n(C(C)C(=O)c3ccc4c(c3)NC(=O)C(C)O4)ccc2c1. The van der Waals surface area contributed by atoms with Gasteiger partial charge in [0.15, 0.2) is 11.9 Å². The first-order valence-electron chi connectivity index (χ1n) is 10.2. The molecule has 2 aromatic carbocycles. The van der Waals surface area contributed by atoms with Crippen LogP contribution in [0.15, 0.2) is 53.5 Å². The summed E-state index contributed by atoms with van der Waals surface area (Å²) in [6.45, 7) is 7.22. The number of pyridine rings is 1. The van der Waals surface area contributed by atoms with Crippen LogP contribution in [0.4, 0.5) is 5.69 Å². The van der Waals surface area contributed by atoms with Crippen LogP contribution >= 0.6 is 0 Å². The fraction of sp³-hybridized carbons (Fsp3) is 0.292. The van der Waals surface area contributed by atoms with E-state index in [2.05, 4.69) is 5.32 Å². The van der Waals surface area contributed by atoms with Gasteiger partial charge in [-0.05, 0) is 75.5 Å². The number of nitrogens with zero attached hydrogens (tertiary/aromatic N) is 1. The standard InChI is InChI=1S/C24H24N2O5/c1-13(2)30-18-6-7-19-16(11-18)9-10-26(24(19)29)14(3)22(27)17-5-8-21-20(12-17)25-23(28)15(4)31-21/h5-15H,1-4H3,(H,25,28). The first-order chi connectivity index (χ1) is 14.7. The molecule has 31 heavy (non-hydrogen) atoms. The van der Waals surface area contributed by atoms with Crippen molar-refractivity contribution in [3.63, 3.8) is 0 Å². The Morgan fingerprint density at radius 1 is 1.10 bits per heavy atom. The molecule has 7 nitrogen and oxygen atoms in total. The van der Waals surface area contributed by atoms with Gasteiger partial charge in [-0.15, -0.1) is 0 Å². The van der Waals surface area contributed by atoms with Crippen molar-refractivity contribution in [2.24, 2.45) is 0 Å². The zero-order chi connectivity index (χ0) is 22.3. The minimum absolute atomic E-state index is 0.0328. The van der Waals surface area contributed by atoms with Crippen LogP contribution in [0, 0.1) is 0 Å². The predicted octanol–water partition coefficient (Wildman–Crippen LogP) is 3.95. The Labute approximate surface area is 179 Å². The first kappa shape index (κ1) is 20.7. The van der Waals surface area contributed by atoms with E-state index >= 15 is 0 Å². The van der Waals surface area contributed by atoms with Crippen molar-refractivity contribution in [3.8, 4) is 11.5 Å². The Hall–Kier alpha value is -3.61. The lowest BCUT2D eigenvalue weighted by Gasteiger charge is -2.24. The zero-order valence-electron chi connectivity index (χ0n) is 17.8. The molecule has 0 radical (unpaired) electrons. The Balaban J connectivity index is 1.65. The summed E-state index contributed by atoms with van der Waals surface area (Å²) in [4.78, 5) is 38.0. The van der Waals surface area contributed by atoms with Crippen LogP contribution in [0.25, 0.3) is 10.8 Å². The number of hydrogen-bond donors (Lipinski definition) is 1. The monoisotopic (exact) mass is 420 g/mol. The van der Waals surface area contributed by atoms with Gasteiger partial charge in [0, 0.05) is 17.1 Å². The molecule has 2 unspecified atom stereocenters. The van der Waals surface area contributed by atoms with Crippen molar-refractivity contribution >= 4 is 28.2 Å². The van der Waals surface area contributed by atoms with Crippen LogP contribution in [0.1, 0.15) is 44.1 Å². The van der Waals surface area contributed by atoms with Gasteiger partial charge in [0.2, 0.25) is 0 Å². The van der Waals surface area contributed by atoms with E-state index in [1.165, 1.54) is 4.57 Å². The molecule has 7 heteroatoms. The maximum Gasteiger partial charge on any atom is 0.265 e. The lowest BCUT2D eigenvalue weighted by Crippen LogP contribution is -2.34. The highest BCUT2D eigenvalue weighted by molar-refractivity contribution is 6.03. The molecule has 0 saturated carbocycles. The van der Waals surface area contributed by atoms with E-state index in [1.807, 2.05) is 19.9 Å². The molecule has 4 rings (SSSR count). The van der Waals surface area contributed by atoms with Gasteiger partial charge >= 0.3 is 0 Å². The summed E-state index contributed by atoms with van der Waals surface area (Å²) < 4.78 is 12.6. The van der Waals surface area contributed by atoms with E-state index in [9.17, 15) is 14.4 Å². The number of benzene rings is 2. The zero-order valence-corrected chi connectivity index (χ0v) is 17.8. The van der Waals surface area contributed by atoms with E-state index in [0.717, 1.165) is 5.39 Å². The quantitative estimate of drug-likeness (QED) is 0.632. The van der Waals surface area contributed by atoms with Crippen molar-refractivity contribution in [2.45, 2.75) is 45.9 Å². The molecule has 2 atom stereocenters. The number of Topliss-reactive ketones (excluding diaryl/α,β-unsaturated/α-hetero) is 1. The molecule has 3 aromatic rings. The first-order valence-corrected chi connectivity index (χ1v) is 10.2. The van der Waals surface area contributed by atoms with Crippen LogP contribution in [0.5, 0.6) is 11.5 Å². The van der Waals surface area contributed by atoms with E-state index < -0.39 is 12.1 Å². The summed E-state index contributed by atoms with van der Waals surface area (Å²) in [5.41, 5.74) is 0.583. The largest absolute Gasteiger partial charge is 0.491 e. The lowest BCUT2D eigenvalue weighted by atomic mass is 10.0. The van der Waals surface area contributed by atoms with Crippen molar-refractivity contribution in [1.82, 2.24) is 4.57 Å². The van der Waals surface area contributed by atoms with Crippen LogP contribution < -0.4 is 20.3 Å². The fourth-order valence-electron chi connectivity index (χ4n) is 3.62. The van der Waals surface area contributed by atoms with Crippen LogP contribution in [-0.4, -0.2) is 28.5 Å². The second-order valence-electron chi connectivity index (χ2n) is 7.94. The molecule has 160 valence electrons. The van der Waals surface area contributed by atoms with E-state index in [4.69, 9.17) is 9.47 Å². The Kier molecular flexibility index (Phi) is 5.27. The van der Waals surface area contributed by atoms with Crippen LogP contribution in [0.3, 0.4) is 0 Å². The third-order valence-corrected chi connectivity index (χ3v) is 5.27. The highest BCUT2D eigenvalue weighted by atomic mass is 16.5. The maximum atomic E-state index is 13.1. The average molecular weight is 420 g/mol. The van der Waals surface area contributed by atoms with Gasteiger partial charge in [-0.3, -0.25) is 14.4 Å². The minimum Gasteiger partial charge on any atom is -0.491 e. The van der Waals surface area contributed by atoms with Gasteiger partial charge in [-0.2, -0.15) is 0 Å². The normalized spacial score (nSPS) is 16.4. The number of carbonyl (C=O) groups is 2. The molecular weight excluding hydrogens is 396 g/mol. The van der Waals surface area contributed by atoms with Gasteiger partial charge in [-0.1, -0.05) is 0 Å². The molecule has 0 spiro atoms. The van der Waals surface area contributed by atoms with Crippen LogP contribution in [0.2, 0.25) is 0 Å². The number of aromatic nitrogens is 1. The Morgan fingerprint density at radius 3 is 2.61 bits per heavy atom. The molecule has 1 aliphatic rings. The van der Waals surface area contributed by atoms with Crippen LogP contribution in [-0.2, 0) is 4.79 Å². The molecule has 1 aromatic heterocycles. The Bertz CT molecular complexity index is 1240. The summed E-state index contributed by atoms with van der Waals surface area (Å²) in [5.74, 6) is 0.698. The summed E-state index contributed by atoms with van der Waals surface area (Å²) in [5, 5.41) is 4.01. The van der Waals surface area contributed by atoms with E-state index in [1.54, 1.807) is 56.4 Å². The molecule has 1 amide bonds. The summed E-state index contributed by atoms with van der Waals surface area (Å²) >= 11 is 0. The van der Waals surface area contributed by atoms with Crippen molar-refractivity contribution in [2.75, 3.05) is 5.32 Å². The fourth-order valence-corrected chi connectivity index (χ4v) is 3.62. The number of nitrogens with one attached hydrogen (secondary N) is 1. The highest BCUT2D eigenvalue weighted by Crippen LogP contribution is 2.31. The van der Waals surface area contributed by atoms with Gasteiger partial charge in [0.05, 0.1) is 17.8 Å². The third-order valence-electron chi connectivity index (χ3n) is 5.27. The number of rotatable bonds is 5. The average Bonchev–Trinajstić information content (AvgIpc) is 2.73. The van der Waals surface area contributed by atoms with E-state index in [0.29, 0.717) is 28.1 Å². The smallest absolute Gasteiger partial charge is 0.265 e. The van der Waals surface area contributed by atoms with Gasteiger partial charge in [-0.25, -0.2) is 0 Å². The molecule has 0 bridgehead atoms. The number of hydrogen-bond acceptors (Lipinski definition) is 5. The maximum absolute atomic E-state index is 13.1. The number of anilines is 1. The molecule has 0 fully saturated rings. The summed E-state index contributed by atoms with van der Waals surface area (Å²) in [6, 6.07) is 11.3. The molecule has 1 N–H and O–H groups in total. The Morgan fingerprint density at radius 2 is 1.87 bits per heavy atom. The van der Waals surface area contributed by atoms with Gasteiger partial charge in [0.1, 0.15) is 11.5 Å². The van der Waals surface area contributed by atoms with Crippen molar-refractivity contribution in [1.29, 1.82) is 0 Å². The van der Waals surface area contributed by atoms with Gasteiger partial charge < -0.3 is 19.4 Å². The third kappa shape index (κ3) is 3.91.